The molecule has 20 heavy (non-hydrogen) atoms. The first kappa shape index (κ1) is 15.8. The van der Waals surface area contributed by atoms with E-state index in [-0.39, 0.29) is 12.2 Å². The number of hydrogen-bond acceptors (Lipinski definition) is 3. The lowest BCUT2D eigenvalue weighted by Crippen LogP contribution is -2.39. The molecule has 9 heteroatoms. The van der Waals surface area contributed by atoms with E-state index in [1.54, 1.807) is 0 Å². The van der Waals surface area contributed by atoms with Gasteiger partial charge in [-0.1, -0.05) is 0 Å². The van der Waals surface area contributed by atoms with Crippen molar-refractivity contribution in [2.45, 2.75) is 6.10 Å². The van der Waals surface area contributed by atoms with Crippen molar-refractivity contribution in [3.05, 3.63) is 29.6 Å². The maximum atomic E-state index is 12.9. The van der Waals surface area contributed by atoms with E-state index in [0.717, 1.165) is 7.11 Å². The van der Waals surface area contributed by atoms with Gasteiger partial charge in [-0.05, 0) is 0 Å². The molecule has 0 aliphatic rings. The van der Waals surface area contributed by atoms with E-state index in [1.807, 2.05) is 5.32 Å². The van der Waals surface area contributed by atoms with Gasteiger partial charge in [-0.15, -0.1) is 0 Å². The van der Waals surface area contributed by atoms with E-state index in [2.05, 4.69) is 10.1 Å². The number of aliphatic carboxylic acids is 1. The molecule has 110 valence electrons. The topological polar surface area (TPSA) is 87.7 Å². The molecule has 1 rings (SSSR count). The molecule has 1 unspecified atom stereocenters. The molecule has 0 spiro atoms. The van der Waals surface area contributed by atoms with Gasteiger partial charge < -0.3 is 20.5 Å². The lowest BCUT2D eigenvalue weighted by Gasteiger charge is -2.12. The molecule has 2 amide bonds. The highest BCUT2D eigenvalue weighted by atomic mass is 19.2. The first-order chi connectivity index (χ1) is 9.35. The number of carbonyl (C=O) groups excluding carboxylic acids is 1. The molecule has 0 aromatic heterocycles. The van der Waals surface area contributed by atoms with Gasteiger partial charge in [0.05, 0.1) is 6.54 Å². The molecule has 0 bridgehead atoms. The van der Waals surface area contributed by atoms with Gasteiger partial charge in [0.1, 0.15) is 0 Å². The molecule has 0 aliphatic heterocycles. The molecule has 0 aliphatic carbocycles. The number of amides is 2. The number of hydrogen-bond donors (Lipinski definition) is 3. The van der Waals surface area contributed by atoms with Crippen molar-refractivity contribution in [3.8, 4) is 0 Å². The van der Waals surface area contributed by atoms with Crippen LogP contribution in [0.25, 0.3) is 0 Å². The fraction of sp³-hybridized carbons (Fsp3) is 0.273. The van der Waals surface area contributed by atoms with Crippen LogP contribution in [-0.2, 0) is 9.53 Å². The van der Waals surface area contributed by atoms with Crippen molar-refractivity contribution in [1.29, 1.82) is 0 Å². The minimum Gasteiger partial charge on any atom is -0.479 e. The molecule has 0 fully saturated rings. The van der Waals surface area contributed by atoms with Gasteiger partial charge in [0, 0.05) is 24.9 Å². The summed E-state index contributed by atoms with van der Waals surface area (Å²) in [5, 5.41) is 12.8. The van der Waals surface area contributed by atoms with Crippen LogP contribution in [0, 0.1) is 17.5 Å². The first-order valence-corrected chi connectivity index (χ1v) is 5.30. The fourth-order valence-corrected chi connectivity index (χ4v) is 1.26. The van der Waals surface area contributed by atoms with Gasteiger partial charge in [-0.2, -0.15) is 0 Å². The Hall–Kier alpha value is -2.29. The monoisotopic (exact) mass is 292 g/mol. The summed E-state index contributed by atoms with van der Waals surface area (Å²) in [6.07, 6.45) is -1.26. The Morgan fingerprint density at radius 1 is 1.30 bits per heavy atom. The maximum Gasteiger partial charge on any atom is 0.334 e. The molecular weight excluding hydrogens is 281 g/mol. The summed E-state index contributed by atoms with van der Waals surface area (Å²) in [6, 6.07) is 0.255. The number of carbonyl (C=O) groups is 2. The number of methoxy groups -OCH3 is 1. The van der Waals surface area contributed by atoms with Crippen LogP contribution in [0.2, 0.25) is 0 Å². The summed E-state index contributed by atoms with van der Waals surface area (Å²) < 4.78 is 43.0. The Labute approximate surface area is 111 Å². The number of carboxylic acid groups (broad SMARTS) is 1. The molecule has 3 N–H and O–H groups in total. The Morgan fingerprint density at radius 2 is 1.85 bits per heavy atom. The molecule has 0 saturated carbocycles. The number of benzene rings is 1. The summed E-state index contributed by atoms with van der Waals surface area (Å²) in [6.45, 7) is -0.357. The van der Waals surface area contributed by atoms with Gasteiger partial charge in [-0.3, -0.25) is 0 Å². The third-order valence-electron chi connectivity index (χ3n) is 2.25. The predicted molar refractivity (Wildman–Crippen MR) is 61.8 cm³/mol. The SMILES string of the molecule is COC(CNC(=O)Nc1cc(F)c(F)c(F)c1)C(=O)O. The van der Waals surface area contributed by atoms with Crippen LogP contribution in [0.1, 0.15) is 0 Å². The normalized spacial score (nSPS) is 11.8. The van der Waals surface area contributed by atoms with E-state index in [4.69, 9.17) is 5.11 Å². The van der Waals surface area contributed by atoms with E-state index >= 15 is 0 Å². The Balaban J connectivity index is 2.61. The number of anilines is 1. The number of nitrogens with one attached hydrogen (secondary N) is 2. The number of carboxylic acids is 1. The minimum absolute atomic E-state index is 0.316. The van der Waals surface area contributed by atoms with Gasteiger partial charge >= 0.3 is 12.0 Å². The van der Waals surface area contributed by atoms with Crippen LogP contribution < -0.4 is 10.6 Å². The van der Waals surface area contributed by atoms with E-state index < -0.39 is 35.6 Å². The largest absolute Gasteiger partial charge is 0.479 e. The quantitative estimate of drug-likeness (QED) is 0.714. The molecule has 0 saturated heterocycles. The number of urea groups is 1. The second-order valence-electron chi connectivity index (χ2n) is 3.65. The van der Waals surface area contributed by atoms with Gasteiger partial charge in [-0.25, -0.2) is 22.8 Å². The number of rotatable bonds is 5. The summed E-state index contributed by atoms with van der Waals surface area (Å²) in [7, 11) is 1.14. The highest BCUT2D eigenvalue weighted by Crippen LogP contribution is 2.17. The molecular formula is C11H11F3N2O4. The van der Waals surface area contributed by atoms with Crippen molar-refractivity contribution in [2.24, 2.45) is 0 Å². The Kier molecular flexibility index (Phi) is 5.32. The first-order valence-electron chi connectivity index (χ1n) is 5.30. The van der Waals surface area contributed by atoms with Crippen LogP contribution in [0.3, 0.4) is 0 Å². The second kappa shape index (κ2) is 6.75. The zero-order valence-corrected chi connectivity index (χ0v) is 10.2. The molecule has 6 nitrogen and oxygen atoms in total. The molecule has 0 radical (unpaired) electrons. The molecule has 1 aromatic rings. The highest BCUT2D eigenvalue weighted by molar-refractivity contribution is 5.89. The third-order valence-corrected chi connectivity index (χ3v) is 2.25. The van der Waals surface area contributed by atoms with Crippen LogP contribution in [0.15, 0.2) is 12.1 Å². The van der Waals surface area contributed by atoms with Crippen molar-refractivity contribution in [3.63, 3.8) is 0 Å². The summed E-state index contributed by atoms with van der Waals surface area (Å²) in [5.41, 5.74) is -0.316. The average Bonchev–Trinajstić information content (AvgIpc) is 2.36. The molecule has 1 aromatic carbocycles. The Morgan fingerprint density at radius 3 is 2.30 bits per heavy atom. The zero-order chi connectivity index (χ0) is 15.3. The van der Waals surface area contributed by atoms with Crippen molar-refractivity contribution < 1.29 is 32.6 Å². The lowest BCUT2D eigenvalue weighted by atomic mass is 10.3. The maximum absolute atomic E-state index is 12.9. The van der Waals surface area contributed by atoms with Crippen LogP contribution >= 0.6 is 0 Å². The highest BCUT2D eigenvalue weighted by Gasteiger charge is 2.17. The fourth-order valence-electron chi connectivity index (χ4n) is 1.26. The summed E-state index contributed by atoms with van der Waals surface area (Å²) in [5.74, 6) is -5.85. The number of ether oxygens (including phenoxy) is 1. The standard InChI is InChI=1S/C11H11F3N2O4/c1-20-8(10(17)18)4-15-11(19)16-5-2-6(12)9(14)7(13)3-5/h2-3,8H,4H2,1H3,(H,17,18)(H2,15,16,19). The van der Waals surface area contributed by atoms with Crippen molar-refractivity contribution in [2.75, 3.05) is 19.0 Å². The van der Waals surface area contributed by atoms with Crippen LogP contribution in [-0.4, -0.2) is 36.9 Å². The predicted octanol–water partition coefficient (Wildman–Crippen LogP) is 1.32. The smallest absolute Gasteiger partial charge is 0.334 e. The van der Waals surface area contributed by atoms with E-state index in [1.165, 1.54) is 0 Å². The van der Waals surface area contributed by atoms with Crippen LogP contribution in [0.5, 0.6) is 0 Å². The van der Waals surface area contributed by atoms with Gasteiger partial charge in [0.15, 0.2) is 23.6 Å². The zero-order valence-electron chi connectivity index (χ0n) is 10.2. The van der Waals surface area contributed by atoms with Crippen molar-refractivity contribution >= 4 is 17.7 Å². The lowest BCUT2D eigenvalue weighted by molar-refractivity contribution is -0.147. The third kappa shape index (κ3) is 4.12. The summed E-state index contributed by atoms with van der Waals surface area (Å²) in [4.78, 5) is 21.9. The number of halogens is 3. The minimum atomic E-state index is -1.65. The van der Waals surface area contributed by atoms with Gasteiger partial charge in [0.25, 0.3) is 0 Å². The van der Waals surface area contributed by atoms with Crippen LogP contribution in [0.4, 0.5) is 23.7 Å². The summed E-state index contributed by atoms with van der Waals surface area (Å²) >= 11 is 0. The Bertz CT molecular complexity index is 501. The van der Waals surface area contributed by atoms with Gasteiger partial charge in [0.2, 0.25) is 0 Å². The van der Waals surface area contributed by atoms with Crippen molar-refractivity contribution in [1.82, 2.24) is 5.32 Å². The van der Waals surface area contributed by atoms with E-state index in [0.29, 0.717) is 12.1 Å². The second-order valence-corrected chi connectivity index (χ2v) is 3.65. The van der Waals surface area contributed by atoms with E-state index in [9.17, 15) is 22.8 Å². The molecule has 0 heterocycles. The molecule has 1 atom stereocenters. The average molecular weight is 292 g/mol.